The lowest BCUT2D eigenvalue weighted by atomic mass is 9.81. The molecule has 1 aliphatic heterocycles. The summed E-state index contributed by atoms with van der Waals surface area (Å²) in [5.41, 5.74) is 0.544. The topological polar surface area (TPSA) is 78.9 Å². The maximum atomic E-state index is 12.5. The highest BCUT2D eigenvalue weighted by molar-refractivity contribution is 5.97. The van der Waals surface area contributed by atoms with Gasteiger partial charge in [-0.15, -0.1) is 0 Å². The van der Waals surface area contributed by atoms with Gasteiger partial charge in [0, 0.05) is 25.2 Å². The number of nitrogens with zero attached hydrogens (tertiary/aromatic N) is 1. The Balaban J connectivity index is 1.62. The van der Waals surface area contributed by atoms with Crippen LogP contribution in [-0.2, 0) is 16.1 Å². The zero-order chi connectivity index (χ0) is 17.7. The van der Waals surface area contributed by atoms with E-state index in [2.05, 4.69) is 10.2 Å². The van der Waals surface area contributed by atoms with Crippen molar-refractivity contribution in [3.8, 4) is 0 Å². The van der Waals surface area contributed by atoms with Crippen molar-refractivity contribution in [2.75, 3.05) is 26.3 Å². The molecule has 1 amide bonds. The van der Waals surface area contributed by atoms with Crippen LogP contribution in [0.4, 0.5) is 0 Å². The number of hydrogen-bond acceptors (Lipinski definition) is 4. The van der Waals surface area contributed by atoms with Gasteiger partial charge in [0.05, 0.1) is 13.2 Å². The lowest BCUT2D eigenvalue weighted by molar-refractivity contribution is -0.145. The number of carboxylic acids is 1. The predicted octanol–water partition coefficient (Wildman–Crippen LogP) is 2.04. The van der Waals surface area contributed by atoms with E-state index in [1.54, 1.807) is 12.1 Å². The second-order valence-electron chi connectivity index (χ2n) is 6.99. The van der Waals surface area contributed by atoms with E-state index in [0.29, 0.717) is 18.4 Å². The van der Waals surface area contributed by atoms with Gasteiger partial charge in [-0.2, -0.15) is 0 Å². The van der Waals surface area contributed by atoms with E-state index in [1.165, 1.54) is 0 Å². The number of carbonyl (C=O) groups is 2. The Bertz CT molecular complexity index is 602. The maximum absolute atomic E-state index is 12.5. The third-order valence-electron chi connectivity index (χ3n) is 5.20. The second kappa shape index (κ2) is 7.97. The highest BCUT2D eigenvalue weighted by Gasteiger charge is 2.41. The normalized spacial score (nSPS) is 20.8. The maximum Gasteiger partial charge on any atom is 0.329 e. The summed E-state index contributed by atoms with van der Waals surface area (Å²) in [5.74, 6) is -1.23. The summed E-state index contributed by atoms with van der Waals surface area (Å²) in [4.78, 5) is 26.5. The molecule has 0 unspecified atom stereocenters. The SMILES string of the molecule is O=C(NC1(C(=O)O)CCCCC1)c1ccc(CN2CCOCC2)cc1. The highest BCUT2D eigenvalue weighted by atomic mass is 16.5. The number of benzene rings is 1. The van der Waals surface area contributed by atoms with Crippen LogP contribution in [0.3, 0.4) is 0 Å². The molecule has 0 aromatic heterocycles. The number of carbonyl (C=O) groups excluding carboxylic acids is 1. The van der Waals surface area contributed by atoms with Gasteiger partial charge in [-0.25, -0.2) is 4.79 Å². The average molecular weight is 346 g/mol. The van der Waals surface area contributed by atoms with E-state index >= 15 is 0 Å². The number of morpholine rings is 1. The minimum Gasteiger partial charge on any atom is -0.480 e. The van der Waals surface area contributed by atoms with Gasteiger partial charge in [0.25, 0.3) is 5.91 Å². The summed E-state index contributed by atoms with van der Waals surface area (Å²) in [7, 11) is 0. The third kappa shape index (κ3) is 4.38. The summed E-state index contributed by atoms with van der Waals surface area (Å²) >= 11 is 0. The first-order valence-electron chi connectivity index (χ1n) is 9.04. The smallest absolute Gasteiger partial charge is 0.329 e. The molecular formula is C19H26N2O4. The molecule has 2 aliphatic rings. The van der Waals surface area contributed by atoms with E-state index in [0.717, 1.165) is 57.7 Å². The van der Waals surface area contributed by atoms with Gasteiger partial charge < -0.3 is 15.2 Å². The number of hydrogen-bond donors (Lipinski definition) is 2. The lowest BCUT2D eigenvalue weighted by Crippen LogP contribution is -2.55. The van der Waals surface area contributed by atoms with Crippen LogP contribution < -0.4 is 5.32 Å². The molecule has 0 radical (unpaired) electrons. The van der Waals surface area contributed by atoms with Crippen molar-refractivity contribution in [1.82, 2.24) is 10.2 Å². The summed E-state index contributed by atoms with van der Waals surface area (Å²) < 4.78 is 5.35. The van der Waals surface area contributed by atoms with Crippen molar-refractivity contribution in [3.63, 3.8) is 0 Å². The first kappa shape index (κ1) is 17.9. The Morgan fingerprint density at radius 1 is 1.08 bits per heavy atom. The largest absolute Gasteiger partial charge is 0.480 e. The van der Waals surface area contributed by atoms with Crippen molar-refractivity contribution in [2.24, 2.45) is 0 Å². The van der Waals surface area contributed by atoms with Crippen molar-refractivity contribution in [1.29, 1.82) is 0 Å². The number of carboxylic acid groups (broad SMARTS) is 1. The highest BCUT2D eigenvalue weighted by Crippen LogP contribution is 2.29. The third-order valence-corrected chi connectivity index (χ3v) is 5.20. The molecule has 25 heavy (non-hydrogen) atoms. The Morgan fingerprint density at radius 2 is 1.72 bits per heavy atom. The van der Waals surface area contributed by atoms with Crippen molar-refractivity contribution < 1.29 is 19.4 Å². The molecule has 1 aliphatic carbocycles. The van der Waals surface area contributed by atoms with Gasteiger partial charge >= 0.3 is 5.97 Å². The number of ether oxygens (including phenoxy) is 1. The molecule has 1 heterocycles. The van der Waals surface area contributed by atoms with Crippen LogP contribution in [-0.4, -0.2) is 53.7 Å². The van der Waals surface area contributed by atoms with Gasteiger partial charge in [0.2, 0.25) is 0 Å². The zero-order valence-corrected chi connectivity index (χ0v) is 14.5. The van der Waals surface area contributed by atoms with E-state index in [4.69, 9.17) is 4.74 Å². The minimum atomic E-state index is -1.11. The molecular weight excluding hydrogens is 320 g/mol. The molecule has 0 bridgehead atoms. The molecule has 1 aromatic rings. The number of amides is 1. The van der Waals surface area contributed by atoms with E-state index in [-0.39, 0.29) is 5.91 Å². The molecule has 0 spiro atoms. The molecule has 1 saturated carbocycles. The summed E-state index contributed by atoms with van der Waals surface area (Å²) in [6.07, 6.45) is 3.71. The molecule has 1 saturated heterocycles. The first-order valence-corrected chi connectivity index (χ1v) is 9.04. The van der Waals surface area contributed by atoms with Crippen molar-refractivity contribution >= 4 is 11.9 Å². The molecule has 2 fully saturated rings. The van der Waals surface area contributed by atoms with E-state index in [1.807, 2.05) is 12.1 Å². The van der Waals surface area contributed by atoms with Crippen LogP contribution in [0, 0.1) is 0 Å². The number of rotatable bonds is 5. The zero-order valence-electron chi connectivity index (χ0n) is 14.5. The monoisotopic (exact) mass is 346 g/mol. The number of nitrogens with one attached hydrogen (secondary N) is 1. The molecule has 6 nitrogen and oxygen atoms in total. The summed E-state index contributed by atoms with van der Waals surface area (Å²) in [6.45, 7) is 4.20. The molecule has 2 N–H and O–H groups in total. The summed E-state index contributed by atoms with van der Waals surface area (Å²) in [5, 5.41) is 12.4. The minimum absolute atomic E-state index is 0.303. The van der Waals surface area contributed by atoms with Gasteiger partial charge in [-0.05, 0) is 30.5 Å². The fraction of sp³-hybridized carbons (Fsp3) is 0.579. The molecule has 3 rings (SSSR count). The quantitative estimate of drug-likeness (QED) is 0.853. The van der Waals surface area contributed by atoms with Crippen LogP contribution in [0.2, 0.25) is 0 Å². The van der Waals surface area contributed by atoms with Crippen LogP contribution in [0.25, 0.3) is 0 Å². The van der Waals surface area contributed by atoms with Crippen LogP contribution >= 0.6 is 0 Å². The van der Waals surface area contributed by atoms with Crippen molar-refractivity contribution in [3.05, 3.63) is 35.4 Å². The van der Waals surface area contributed by atoms with Crippen LogP contribution in [0.1, 0.15) is 48.0 Å². The summed E-state index contributed by atoms with van der Waals surface area (Å²) in [6, 6.07) is 7.45. The van der Waals surface area contributed by atoms with Gasteiger partial charge in [0.15, 0.2) is 0 Å². The second-order valence-corrected chi connectivity index (χ2v) is 6.99. The Kier molecular flexibility index (Phi) is 5.71. The predicted molar refractivity (Wildman–Crippen MR) is 93.5 cm³/mol. The standard InChI is InChI=1S/C19H26N2O4/c22-17(20-19(18(23)24)8-2-1-3-9-19)16-6-4-15(5-7-16)14-21-10-12-25-13-11-21/h4-7H,1-3,8-14H2,(H,20,22)(H,23,24). The van der Waals surface area contributed by atoms with Gasteiger partial charge in [0.1, 0.15) is 5.54 Å². The first-order chi connectivity index (χ1) is 12.1. The lowest BCUT2D eigenvalue weighted by Gasteiger charge is -2.34. The number of aliphatic carboxylic acids is 1. The van der Waals surface area contributed by atoms with E-state index < -0.39 is 11.5 Å². The molecule has 6 heteroatoms. The van der Waals surface area contributed by atoms with Crippen LogP contribution in [0.5, 0.6) is 0 Å². The molecule has 0 atom stereocenters. The Labute approximate surface area is 148 Å². The fourth-order valence-electron chi connectivity index (χ4n) is 3.62. The Morgan fingerprint density at radius 3 is 2.32 bits per heavy atom. The van der Waals surface area contributed by atoms with Crippen LogP contribution in [0.15, 0.2) is 24.3 Å². The van der Waals surface area contributed by atoms with E-state index in [9.17, 15) is 14.7 Å². The Hall–Kier alpha value is -1.92. The molecule has 136 valence electrons. The average Bonchev–Trinajstić information content (AvgIpc) is 2.64. The van der Waals surface area contributed by atoms with Crippen molar-refractivity contribution in [2.45, 2.75) is 44.2 Å². The molecule has 1 aromatic carbocycles. The van der Waals surface area contributed by atoms with Gasteiger partial charge in [-0.1, -0.05) is 31.4 Å². The van der Waals surface area contributed by atoms with Gasteiger partial charge in [-0.3, -0.25) is 9.69 Å². The fourth-order valence-corrected chi connectivity index (χ4v) is 3.62.